The van der Waals surface area contributed by atoms with Crippen LogP contribution in [0.25, 0.3) is 11.4 Å². The number of benzene rings is 1. The van der Waals surface area contributed by atoms with E-state index in [1.807, 2.05) is 0 Å². The zero-order chi connectivity index (χ0) is 19.7. The number of ether oxygens (including phenoxy) is 1. The van der Waals surface area contributed by atoms with Gasteiger partial charge in [-0.2, -0.15) is 18.2 Å². The number of methoxy groups -OCH3 is 1. The fourth-order valence-corrected chi connectivity index (χ4v) is 2.50. The van der Waals surface area contributed by atoms with Gasteiger partial charge in [-0.05, 0) is 18.4 Å². The van der Waals surface area contributed by atoms with E-state index in [0.29, 0.717) is 11.1 Å². The number of amides is 1. The minimum Gasteiger partial charge on any atom is -0.383 e. The fourth-order valence-electron chi connectivity index (χ4n) is 2.50. The van der Waals surface area contributed by atoms with Crippen LogP contribution in [0.15, 0.2) is 28.8 Å². The predicted molar refractivity (Wildman–Crippen MR) is 85.1 cm³/mol. The molecule has 0 radical (unpaired) electrons. The summed E-state index contributed by atoms with van der Waals surface area (Å²) < 4.78 is 60.9. The third-order valence-electron chi connectivity index (χ3n) is 4.18. The number of carbonyl (C=O) groups excluding carboxylic acids is 1. The highest BCUT2D eigenvalue weighted by Crippen LogP contribution is 2.41. The number of hydrogen-bond acceptors (Lipinski definition) is 5. The maximum Gasteiger partial charge on any atom is 0.471 e. The van der Waals surface area contributed by atoms with Gasteiger partial charge in [-0.25, -0.2) is 4.39 Å². The Kier molecular flexibility index (Phi) is 5.18. The summed E-state index contributed by atoms with van der Waals surface area (Å²) in [5.41, 5.74) is -0.768. The molecule has 0 spiro atoms. The summed E-state index contributed by atoms with van der Waals surface area (Å²) in [5, 5.41) is 3.32. The molecule has 10 heteroatoms. The standard InChI is InChI=1S/C17H17F4N3O3/c1-26-9-8-24(15(25)16(18)6-7-16)10-11-2-4-12(5-3-11)13-22-14(27-23-13)17(19,20)21/h2-5H,6-10H2,1H3. The van der Waals surface area contributed by atoms with Crippen LogP contribution in [0.5, 0.6) is 0 Å². The van der Waals surface area contributed by atoms with Crippen LogP contribution in [0.1, 0.15) is 24.3 Å². The lowest BCUT2D eigenvalue weighted by Crippen LogP contribution is -2.40. The van der Waals surface area contributed by atoms with E-state index in [1.54, 1.807) is 12.1 Å². The molecule has 0 saturated heterocycles. The number of halogens is 4. The van der Waals surface area contributed by atoms with Crippen LogP contribution in [0, 0.1) is 0 Å². The lowest BCUT2D eigenvalue weighted by molar-refractivity contribution is -0.159. The first-order chi connectivity index (χ1) is 12.7. The summed E-state index contributed by atoms with van der Waals surface area (Å²) in [4.78, 5) is 17.0. The molecule has 27 heavy (non-hydrogen) atoms. The maximum atomic E-state index is 14.1. The highest BCUT2D eigenvalue weighted by molar-refractivity contribution is 5.88. The van der Waals surface area contributed by atoms with E-state index in [2.05, 4.69) is 14.7 Å². The minimum atomic E-state index is -4.71. The van der Waals surface area contributed by atoms with Crippen molar-refractivity contribution in [3.63, 3.8) is 0 Å². The molecular weight excluding hydrogens is 370 g/mol. The molecule has 0 atom stereocenters. The Morgan fingerprint density at radius 1 is 1.30 bits per heavy atom. The van der Waals surface area contributed by atoms with Gasteiger partial charge in [0.2, 0.25) is 5.82 Å². The van der Waals surface area contributed by atoms with Gasteiger partial charge in [0.25, 0.3) is 5.91 Å². The molecule has 2 aromatic rings. The monoisotopic (exact) mass is 387 g/mol. The molecule has 1 saturated carbocycles. The van der Waals surface area contributed by atoms with Crippen molar-refractivity contribution in [1.29, 1.82) is 0 Å². The van der Waals surface area contributed by atoms with Crippen molar-refractivity contribution >= 4 is 5.91 Å². The van der Waals surface area contributed by atoms with E-state index in [4.69, 9.17) is 4.74 Å². The zero-order valence-corrected chi connectivity index (χ0v) is 14.4. The summed E-state index contributed by atoms with van der Waals surface area (Å²) in [5.74, 6) is -2.19. The summed E-state index contributed by atoms with van der Waals surface area (Å²) in [6, 6.07) is 6.26. The topological polar surface area (TPSA) is 68.5 Å². The van der Waals surface area contributed by atoms with Crippen molar-refractivity contribution in [3.8, 4) is 11.4 Å². The van der Waals surface area contributed by atoms with Gasteiger partial charge in [0.05, 0.1) is 6.61 Å². The SMILES string of the molecule is COCCN(Cc1ccc(-c2noc(C(F)(F)F)n2)cc1)C(=O)C1(F)CC1. The molecule has 1 fully saturated rings. The zero-order valence-electron chi connectivity index (χ0n) is 14.4. The van der Waals surface area contributed by atoms with Crippen molar-refractivity contribution in [1.82, 2.24) is 15.0 Å². The highest BCUT2D eigenvalue weighted by Gasteiger charge is 2.52. The van der Waals surface area contributed by atoms with Gasteiger partial charge in [-0.15, -0.1) is 0 Å². The Morgan fingerprint density at radius 2 is 1.96 bits per heavy atom. The van der Waals surface area contributed by atoms with Crippen molar-refractivity contribution in [2.75, 3.05) is 20.3 Å². The molecule has 1 aliphatic rings. The fraction of sp³-hybridized carbons (Fsp3) is 0.471. The number of carbonyl (C=O) groups is 1. The summed E-state index contributed by atoms with van der Waals surface area (Å²) >= 11 is 0. The van der Waals surface area contributed by atoms with Gasteiger partial charge < -0.3 is 14.2 Å². The molecule has 3 rings (SSSR count). The van der Waals surface area contributed by atoms with E-state index in [0.717, 1.165) is 0 Å². The molecular formula is C17H17F4N3O3. The first-order valence-electron chi connectivity index (χ1n) is 8.20. The normalized spacial score (nSPS) is 15.6. The lowest BCUT2D eigenvalue weighted by atomic mass is 10.1. The molecule has 1 heterocycles. The Bertz CT molecular complexity index is 801. The predicted octanol–water partition coefficient (Wildman–Crippen LogP) is 3.23. The number of aromatic nitrogens is 2. The van der Waals surface area contributed by atoms with E-state index in [-0.39, 0.29) is 38.4 Å². The molecule has 146 valence electrons. The molecule has 0 bridgehead atoms. The van der Waals surface area contributed by atoms with E-state index in [9.17, 15) is 22.4 Å². The summed E-state index contributed by atoms with van der Waals surface area (Å²) in [7, 11) is 1.49. The smallest absolute Gasteiger partial charge is 0.383 e. The lowest BCUT2D eigenvalue weighted by Gasteiger charge is -2.24. The molecule has 0 N–H and O–H groups in total. The summed E-state index contributed by atoms with van der Waals surface area (Å²) in [6.07, 6.45) is -4.28. The molecule has 0 unspecified atom stereocenters. The minimum absolute atomic E-state index is 0.161. The second-order valence-corrected chi connectivity index (χ2v) is 6.30. The molecule has 1 aliphatic carbocycles. The average molecular weight is 387 g/mol. The van der Waals surface area contributed by atoms with E-state index < -0.39 is 23.6 Å². The van der Waals surface area contributed by atoms with E-state index in [1.165, 1.54) is 24.1 Å². The third-order valence-corrected chi connectivity index (χ3v) is 4.18. The molecule has 1 aromatic carbocycles. The Hall–Kier alpha value is -2.49. The Labute approximate surface area is 152 Å². The average Bonchev–Trinajstić information content (AvgIpc) is 3.18. The quantitative estimate of drug-likeness (QED) is 0.683. The molecule has 6 nitrogen and oxygen atoms in total. The first-order valence-corrected chi connectivity index (χ1v) is 8.20. The van der Waals surface area contributed by atoms with Gasteiger partial charge in [0, 0.05) is 25.8 Å². The highest BCUT2D eigenvalue weighted by atomic mass is 19.4. The van der Waals surface area contributed by atoms with Crippen molar-refractivity contribution in [2.24, 2.45) is 0 Å². The second-order valence-electron chi connectivity index (χ2n) is 6.30. The van der Waals surface area contributed by atoms with E-state index >= 15 is 0 Å². The van der Waals surface area contributed by atoms with Gasteiger partial charge in [0.15, 0.2) is 5.67 Å². The van der Waals surface area contributed by atoms with Crippen molar-refractivity contribution < 1.29 is 31.6 Å². The van der Waals surface area contributed by atoms with Gasteiger partial charge >= 0.3 is 12.1 Å². The number of hydrogen-bond donors (Lipinski definition) is 0. The number of alkyl halides is 4. The molecule has 1 amide bonds. The van der Waals surface area contributed by atoms with Crippen molar-refractivity contribution in [2.45, 2.75) is 31.2 Å². The van der Waals surface area contributed by atoms with Crippen LogP contribution in [-0.2, 0) is 22.3 Å². The number of nitrogens with zero attached hydrogens (tertiary/aromatic N) is 3. The van der Waals surface area contributed by atoms with Gasteiger partial charge in [-0.3, -0.25) is 4.79 Å². The molecule has 0 aliphatic heterocycles. The first kappa shape index (κ1) is 19.3. The van der Waals surface area contributed by atoms with Gasteiger partial charge in [0.1, 0.15) is 0 Å². The Balaban J connectivity index is 1.71. The Morgan fingerprint density at radius 3 is 2.48 bits per heavy atom. The number of rotatable bonds is 7. The van der Waals surface area contributed by atoms with Crippen LogP contribution >= 0.6 is 0 Å². The summed E-state index contributed by atoms with van der Waals surface area (Å²) in [6.45, 7) is 0.666. The molecule has 1 aromatic heterocycles. The third kappa shape index (κ3) is 4.44. The van der Waals surface area contributed by atoms with Crippen LogP contribution < -0.4 is 0 Å². The van der Waals surface area contributed by atoms with Gasteiger partial charge in [-0.1, -0.05) is 29.4 Å². The van der Waals surface area contributed by atoms with Crippen molar-refractivity contribution in [3.05, 3.63) is 35.7 Å². The largest absolute Gasteiger partial charge is 0.471 e. The van der Waals surface area contributed by atoms with Crippen LogP contribution in [0.4, 0.5) is 17.6 Å². The second kappa shape index (κ2) is 7.26. The van der Waals surface area contributed by atoms with Crippen LogP contribution in [-0.4, -0.2) is 46.9 Å². The van der Waals surface area contributed by atoms with Crippen LogP contribution in [0.2, 0.25) is 0 Å². The van der Waals surface area contributed by atoms with Crippen LogP contribution in [0.3, 0.4) is 0 Å². The maximum absolute atomic E-state index is 14.1.